The third-order valence-electron chi connectivity index (χ3n) is 5.78. The Hall–Kier alpha value is -2.60. The number of thiocarbonyl (C=S) groups is 1. The second-order valence-corrected chi connectivity index (χ2v) is 8.21. The number of aryl methyl sites for hydroxylation is 1. The van der Waals surface area contributed by atoms with Gasteiger partial charge in [-0.15, -0.1) is 0 Å². The summed E-state index contributed by atoms with van der Waals surface area (Å²) in [5.41, 5.74) is 2.69. The highest BCUT2D eigenvalue weighted by atomic mass is 32.1. The van der Waals surface area contributed by atoms with Gasteiger partial charge in [-0.1, -0.05) is 37.5 Å². The summed E-state index contributed by atoms with van der Waals surface area (Å²) >= 11 is 5.75. The Labute approximate surface area is 176 Å². The Bertz CT molecular complexity index is 1040. The van der Waals surface area contributed by atoms with Gasteiger partial charge in [-0.3, -0.25) is 4.79 Å². The van der Waals surface area contributed by atoms with Gasteiger partial charge in [0.1, 0.15) is 5.76 Å². The molecule has 0 unspecified atom stereocenters. The number of rotatable bonds is 5. The number of furan rings is 1. The van der Waals surface area contributed by atoms with Gasteiger partial charge in [0.05, 0.1) is 24.9 Å². The van der Waals surface area contributed by atoms with Gasteiger partial charge in [-0.25, -0.2) is 0 Å². The average molecular weight is 410 g/mol. The number of hydrogen-bond acceptors (Lipinski definition) is 3. The van der Waals surface area contributed by atoms with E-state index in [2.05, 4.69) is 15.2 Å². The SMILES string of the molecule is Cc1cccc2cc(CN(C(=S)NCc3ccco3)C3CCCCC3)c(=O)[nH]c12. The summed E-state index contributed by atoms with van der Waals surface area (Å²) in [5.74, 6) is 0.843. The molecule has 0 atom stereocenters. The highest BCUT2D eigenvalue weighted by Crippen LogP contribution is 2.25. The molecule has 0 saturated heterocycles. The second-order valence-electron chi connectivity index (χ2n) is 7.82. The van der Waals surface area contributed by atoms with Gasteiger partial charge < -0.3 is 19.6 Å². The molecule has 152 valence electrons. The topological polar surface area (TPSA) is 61.3 Å². The van der Waals surface area contributed by atoms with E-state index in [0.29, 0.717) is 24.2 Å². The number of hydrogen-bond donors (Lipinski definition) is 2. The molecule has 2 heterocycles. The van der Waals surface area contributed by atoms with Crippen LogP contribution in [0.5, 0.6) is 0 Å². The van der Waals surface area contributed by atoms with E-state index in [9.17, 15) is 4.79 Å². The Morgan fingerprint density at radius 3 is 2.83 bits per heavy atom. The zero-order valence-corrected chi connectivity index (χ0v) is 17.6. The van der Waals surface area contributed by atoms with Gasteiger partial charge in [0.15, 0.2) is 5.11 Å². The van der Waals surface area contributed by atoms with Crippen molar-refractivity contribution < 1.29 is 4.42 Å². The molecule has 1 saturated carbocycles. The van der Waals surface area contributed by atoms with Crippen molar-refractivity contribution in [2.75, 3.05) is 0 Å². The first kappa shape index (κ1) is 19.7. The van der Waals surface area contributed by atoms with Crippen molar-refractivity contribution in [1.82, 2.24) is 15.2 Å². The largest absolute Gasteiger partial charge is 0.467 e. The second kappa shape index (κ2) is 8.82. The van der Waals surface area contributed by atoms with E-state index in [4.69, 9.17) is 16.6 Å². The van der Waals surface area contributed by atoms with E-state index in [1.54, 1.807) is 6.26 Å². The molecule has 1 aliphatic carbocycles. The Kier molecular flexibility index (Phi) is 6.00. The molecule has 1 aromatic carbocycles. The minimum atomic E-state index is -0.0403. The molecule has 0 amide bonds. The van der Waals surface area contributed by atoms with Crippen molar-refractivity contribution in [1.29, 1.82) is 0 Å². The molecule has 5 nitrogen and oxygen atoms in total. The third-order valence-corrected chi connectivity index (χ3v) is 6.15. The first-order valence-corrected chi connectivity index (χ1v) is 10.7. The lowest BCUT2D eigenvalue weighted by atomic mass is 9.94. The number of nitrogens with one attached hydrogen (secondary N) is 2. The van der Waals surface area contributed by atoms with Crippen molar-refractivity contribution >= 4 is 28.2 Å². The van der Waals surface area contributed by atoms with Gasteiger partial charge in [0.2, 0.25) is 0 Å². The number of aromatic amines is 1. The van der Waals surface area contributed by atoms with Crippen LogP contribution in [-0.4, -0.2) is 21.0 Å². The van der Waals surface area contributed by atoms with Crippen LogP contribution in [0.3, 0.4) is 0 Å². The molecule has 29 heavy (non-hydrogen) atoms. The number of benzene rings is 1. The monoisotopic (exact) mass is 409 g/mol. The van der Waals surface area contributed by atoms with Crippen molar-refractivity contribution in [2.24, 2.45) is 0 Å². The number of pyridine rings is 1. The fraction of sp³-hybridized carbons (Fsp3) is 0.391. The highest BCUT2D eigenvalue weighted by Gasteiger charge is 2.24. The van der Waals surface area contributed by atoms with Crippen molar-refractivity contribution in [3.63, 3.8) is 0 Å². The number of H-pyrrole nitrogens is 1. The quantitative estimate of drug-likeness (QED) is 0.601. The van der Waals surface area contributed by atoms with Crippen LogP contribution in [0.25, 0.3) is 10.9 Å². The minimum absolute atomic E-state index is 0.0403. The van der Waals surface area contributed by atoms with E-state index >= 15 is 0 Å². The smallest absolute Gasteiger partial charge is 0.253 e. The van der Waals surface area contributed by atoms with Gasteiger partial charge in [0, 0.05) is 11.6 Å². The molecule has 0 spiro atoms. The van der Waals surface area contributed by atoms with Crippen LogP contribution in [-0.2, 0) is 13.1 Å². The Balaban J connectivity index is 1.59. The lowest BCUT2D eigenvalue weighted by Crippen LogP contribution is -2.46. The molecule has 0 aliphatic heterocycles. The summed E-state index contributed by atoms with van der Waals surface area (Å²) in [6.45, 7) is 3.07. The molecule has 4 rings (SSSR count). The fourth-order valence-electron chi connectivity index (χ4n) is 4.17. The maximum Gasteiger partial charge on any atom is 0.253 e. The summed E-state index contributed by atoms with van der Waals surface area (Å²) in [6.07, 6.45) is 7.55. The van der Waals surface area contributed by atoms with Crippen LogP contribution in [0.15, 0.2) is 51.9 Å². The first-order chi connectivity index (χ1) is 14.1. The predicted molar refractivity (Wildman–Crippen MR) is 120 cm³/mol. The van der Waals surface area contributed by atoms with Crippen LogP contribution in [0, 0.1) is 6.92 Å². The lowest BCUT2D eigenvalue weighted by molar-refractivity contribution is 0.234. The van der Waals surface area contributed by atoms with E-state index < -0.39 is 0 Å². The molecule has 0 bridgehead atoms. The van der Waals surface area contributed by atoms with Crippen LogP contribution >= 0.6 is 12.2 Å². The molecule has 2 aromatic heterocycles. The van der Waals surface area contributed by atoms with Crippen molar-refractivity contribution in [3.05, 3.63) is 69.9 Å². The summed E-state index contributed by atoms with van der Waals surface area (Å²) < 4.78 is 5.41. The Morgan fingerprint density at radius 2 is 2.07 bits per heavy atom. The third kappa shape index (κ3) is 4.53. The van der Waals surface area contributed by atoms with E-state index in [1.807, 2.05) is 43.3 Å². The molecule has 0 radical (unpaired) electrons. The van der Waals surface area contributed by atoms with Gasteiger partial charge in [-0.2, -0.15) is 0 Å². The molecule has 1 fully saturated rings. The molecular formula is C23H27N3O2S. The summed E-state index contributed by atoms with van der Waals surface area (Å²) in [6, 6.07) is 12.2. The number of fused-ring (bicyclic) bond motifs is 1. The molecular weight excluding hydrogens is 382 g/mol. The van der Waals surface area contributed by atoms with E-state index in [0.717, 1.165) is 40.6 Å². The van der Waals surface area contributed by atoms with Crippen LogP contribution in [0.4, 0.5) is 0 Å². The normalized spacial score (nSPS) is 14.8. The maximum absolute atomic E-state index is 12.8. The summed E-state index contributed by atoms with van der Waals surface area (Å²) in [5, 5.41) is 5.05. The average Bonchev–Trinajstić information content (AvgIpc) is 3.25. The first-order valence-electron chi connectivity index (χ1n) is 10.3. The summed E-state index contributed by atoms with van der Waals surface area (Å²) in [7, 11) is 0. The molecule has 2 N–H and O–H groups in total. The lowest BCUT2D eigenvalue weighted by Gasteiger charge is -2.36. The maximum atomic E-state index is 12.8. The van der Waals surface area contributed by atoms with Crippen molar-refractivity contribution in [2.45, 2.75) is 58.2 Å². The van der Waals surface area contributed by atoms with Crippen LogP contribution < -0.4 is 10.9 Å². The summed E-state index contributed by atoms with van der Waals surface area (Å²) in [4.78, 5) is 18.1. The minimum Gasteiger partial charge on any atom is -0.467 e. The van der Waals surface area contributed by atoms with Gasteiger partial charge in [-0.05, 0) is 61.1 Å². The molecule has 3 aromatic rings. The molecule has 1 aliphatic rings. The standard InChI is InChI=1S/C23H27N3O2S/c1-16-7-5-8-17-13-18(22(27)25-21(16)17)15-26(19-9-3-2-4-10-19)23(29)24-14-20-11-6-12-28-20/h5-8,11-13,19H,2-4,9-10,14-15H2,1H3,(H,24,29)(H,25,27). The molecule has 6 heteroatoms. The number of aromatic nitrogens is 1. The van der Waals surface area contributed by atoms with Gasteiger partial charge >= 0.3 is 0 Å². The number of para-hydroxylation sites is 1. The predicted octanol–water partition coefficient (Wildman–Crippen LogP) is 4.64. The van der Waals surface area contributed by atoms with Crippen LogP contribution in [0.1, 0.15) is 49.0 Å². The van der Waals surface area contributed by atoms with E-state index in [1.165, 1.54) is 19.3 Å². The van der Waals surface area contributed by atoms with Crippen molar-refractivity contribution in [3.8, 4) is 0 Å². The van der Waals surface area contributed by atoms with Gasteiger partial charge in [0.25, 0.3) is 5.56 Å². The fourth-order valence-corrected chi connectivity index (χ4v) is 4.45. The zero-order chi connectivity index (χ0) is 20.2. The van der Waals surface area contributed by atoms with E-state index in [-0.39, 0.29) is 5.56 Å². The Morgan fingerprint density at radius 1 is 1.24 bits per heavy atom. The number of nitrogens with zero attached hydrogens (tertiary/aromatic N) is 1. The van der Waals surface area contributed by atoms with Crippen LogP contribution in [0.2, 0.25) is 0 Å². The zero-order valence-electron chi connectivity index (χ0n) is 16.7. The highest BCUT2D eigenvalue weighted by molar-refractivity contribution is 7.80.